The van der Waals surface area contributed by atoms with E-state index in [1.807, 2.05) is 30.3 Å². The fourth-order valence-corrected chi connectivity index (χ4v) is 3.47. The summed E-state index contributed by atoms with van der Waals surface area (Å²) in [5.74, 6) is -0.660. The number of carbonyl (C=O) groups is 1. The van der Waals surface area contributed by atoms with E-state index in [-0.39, 0.29) is 10.5 Å². The quantitative estimate of drug-likeness (QED) is 0.409. The largest absolute Gasteiger partial charge is 0.422 e. The number of hydrogen-bond acceptors (Lipinski definition) is 5. The van der Waals surface area contributed by atoms with Gasteiger partial charge < -0.3 is 9.73 Å². The molecule has 0 unspecified atom stereocenters. The van der Waals surface area contributed by atoms with Crippen molar-refractivity contribution >= 4 is 43.4 Å². The Bertz CT molecular complexity index is 1390. The van der Waals surface area contributed by atoms with Gasteiger partial charge in [-0.05, 0) is 47.2 Å². The van der Waals surface area contributed by atoms with Gasteiger partial charge in [-0.2, -0.15) is 0 Å². The molecule has 0 saturated heterocycles. The number of primary sulfonamides is 1. The predicted molar refractivity (Wildman–Crippen MR) is 106 cm³/mol. The third-order valence-electron chi connectivity index (χ3n) is 4.33. The summed E-state index contributed by atoms with van der Waals surface area (Å²) < 4.78 is 27.9. The van der Waals surface area contributed by atoms with Crippen LogP contribution in [0.4, 0.5) is 5.69 Å². The predicted octanol–water partition coefficient (Wildman–Crippen LogP) is 2.85. The van der Waals surface area contributed by atoms with Crippen molar-refractivity contribution in [1.29, 1.82) is 0 Å². The highest BCUT2D eigenvalue weighted by Gasteiger charge is 2.16. The zero-order valence-corrected chi connectivity index (χ0v) is 15.2. The van der Waals surface area contributed by atoms with Crippen LogP contribution in [0.25, 0.3) is 21.7 Å². The van der Waals surface area contributed by atoms with Gasteiger partial charge in [0, 0.05) is 11.1 Å². The first kappa shape index (κ1) is 17.9. The monoisotopic (exact) mass is 394 g/mol. The molecule has 140 valence electrons. The number of rotatable bonds is 3. The molecule has 4 rings (SSSR count). The molecular weight excluding hydrogens is 380 g/mol. The molecule has 1 aromatic heterocycles. The van der Waals surface area contributed by atoms with E-state index in [1.165, 1.54) is 30.3 Å². The van der Waals surface area contributed by atoms with Crippen molar-refractivity contribution < 1.29 is 17.6 Å². The molecule has 8 heteroatoms. The molecule has 1 heterocycles. The average Bonchev–Trinajstić information content (AvgIpc) is 2.67. The van der Waals surface area contributed by atoms with Crippen LogP contribution in [-0.4, -0.2) is 14.3 Å². The molecule has 3 aromatic carbocycles. The Morgan fingerprint density at radius 1 is 0.929 bits per heavy atom. The molecule has 0 saturated carbocycles. The number of hydrogen-bond donors (Lipinski definition) is 2. The zero-order chi connectivity index (χ0) is 19.9. The van der Waals surface area contributed by atoms with E-state index in [0.29, 0.717) is 16.7 Å². The Labute approximate surface area is 159 Å². The van der Waals surface area contributed by atoms with Gasteiger partial charge in [0.25, 0.3) is 5.91 Å². The maximum Gasteiger partial charge on any atom is 0.349 e. The summed E-state index contributed by atoms with van der Waals surface area (Å²) in [5.41, 5.74) is -0.214. The summed E-state index contributed by atoms with van der Waals surface area (Å²) in [7, 11) is -3.83. The molecule has 4 aromatic rings. The smallest absolute Gasteiger partial charge is 0.349 e. The highest BCUT2D eigenvalue weighted by Crippen LogP contribution is 2.25. The topological polar surface area (TPSA) is 119 Å². The van der Waals surface area contributed by atoms with Gasteiger partial charge in [-0.15, -0.1) is 0 Å². The number of amides is 1. The van der Waals surface area contributed by atoms with Crippen molar-refractivity contribution in [2.75, 3.05) is 5.32 Å². The highest BCUT2D eigenvalue weighted by molar-refractivity contribution is 7.89. The number of carbonyl (C=O) groups excluding carboxylic acids is 1. The van der Waals surface area contributed by atoms with Crippen LogP contribution in [0.3, 0.4) is 0 Å². The van der Waals surface area contributed by atoms with Gasteiger partial charge in [0.15, 0.2) is 0 Å². The van der Waals surface area contributed by atoms with E-state index in [0.717, 1.165) is 10.8 Å². The Hall–Kier alpha value is -3.49. The van der Waals surface area contributed by atoms with Crippen molar-refractivity contribution in [3.63, 3.8) is 0 Å². The lowest BCUT2D eigenvalue weighted by Crippen LogP contribution is -2.20. The number of anilines is 1. The summed E-state index contributed by atoms with van der Waals surface area (Å²) in [6, 6.07) is 17.9. The lowest BCUT2D eigenvalue weighted by Gasteiger charge is -2.07. The standard InChI is InChI=1S/C20H14N2O5S/c21-28(25,26)14-8-6-13(7-9-14)22-19(23)17-11-16-15-4-2-1-3-12(15)5-10-18(16)27-20(17)24/h1-11H,(H,22,23)(H2,21,25,26). The molecule has 7 nitrogen and oxygen atoms in total. The van der Waals surface area contributed by atoms with E-state index < -0.39 is 21.6 Å². The van der Waals surface area contributed by atoms with E-state index in [2.05, 4.69) is 5.32 Å². The molecule has 0 aliphatic carbocycles. The number of fused-ring (bicyclic) bond motifs is 3. The normalized spacial score (nSPS) is 11.6. The maximum atomic E-state index is 12.6. The Morgan fingerprint density at radius 2 is 1.64 bits per heavy atom. The highest BCUT2D eigenvalue weighted by atomic mass is 32.2. The second-order valence-electron chi connectivity index (χ2n) is 6.17. The number of nitrogens with two attached hydrogens (primary N) is 1. The molecule has 0 bridgehead atoms. The van der Waals surface area contributed by atoms with Crippen LogP contribution in [0, 0.1) is 0 Å². The van der Waals surface area contributed by atoms with Gasteiger partial charge in [0.1, 0.15) is 11.1 Å². The first-order valence-corrected chi connectivity index (χ1v) is 9.77. The first-order chi connectivity index (χ1) is 13.3. The van der Waals surface area contributed by atoms with Gasteiger partial charge in [0.05, 0.1) is 4.90 Å². The van der Waals surface area contributed by atoms with Crippen molar-refractivity contribution in [2.24, 2.45) is 5.14 Å². The van der Waals surface area contributed by atoms with Crippen LogP contribution < -0.4 is 16.1 Å². The summed E-state index contributed by atoms with van der Waals surface area (Å²) in [6.07, 6.45) is 0. The van der Waals surface area contributed by atoms with E-state index >= 15 is 0 Å². The average molecular weight is 394 g/mol. The van der Waals surface area contributed by atoms with E-state index in [9.17, 15) is 18.0 Å². The Balaban J connectivity index is 1.73. The molecule has 28 heavy (non-hydrogen) atoms. The molecule has 0 fully saturated rings. The third kappa shape index (κ3) is 3.26. The van der Waals surface area contributed by atoms with Crippen LogP contribution in [0.5, 0.6) is 0 Å². The SMILES string of the molecule is NS(=O)(=O)c1ccc(NC(=O)c2cc3c(ccc4ccccc43)oc2=O)cc1. The van der Waals surface area contributed by atoms with Crippen LogP contribution in [0.2, 0.25) is 0 Å². The molecule has 0 aliphatic rings. The molecule has 0 aliphatic heterocycles. The molecule has 0 atom stereocenters. The first-order valence-electron chi connectivity index (χ1n) is 8.23. The molecule has 0 spiro atoms. The van der Waals surface area contributed by atoms with Crippen LogP contribution in [0.15, 0.2) is 80.8 Å². The molecule has 3 N–H and O–H groups in total. The second kappa shape index (κ2) is 6.59. The number of benzene rings is 3. The summed E-state index contributed by atoms with van der Waals surface area (Å²) >= 11 is 0. The summed E-state index contributed by atoms with van der Waals surface area (Å²) in [4.78, 5) is 24.8. The van der Waals surface area contributed by atoms with Crippen molar-refractivity contribution in [3.05, 3.63) is 82.7 Å². The van der Waals surface area contributed by atoms with Gasteiger partial charge in [-0.1, -0.05) is 30.3 Å². The Morgan fingerprint density at radius 3 is 2.36 bits per heavy atom. The third-order valence-corrected chi connectivity index (χ3v) is 5.26. The minimum atomic E-state index is -3.83. The number of nitrogens with one attached hydrogen (secondary N) is 1. The van der Waals surface area contributed by atoms with Gasteiger partial charge in [0.2, 0.25) is 10.0 Å². The number of sulfonamides is 1. The van der Waals surface area contributed by atoms with E-state index in [1.54, 1.807) is 6.07 Å². The molecule has 0 radical (unpaired) electrons. The van der Waals surface area contributed by atoms with E-state index in [4.69, 9.17) is 9.56 Å². The summed E-state index contributed by atoms with van der Waals surface area (Å²) in [5, 5.41) is 10.1. The van der Waals surface area contributed by atoms with Gasteiger partial charge in [-0.25, -0.2) is 18.4 Å². The van der Waals surface area contributed by atoms with Crippen LogP contribution in [0.1, 0.15) is 10.4 Å². The minimum Gasteiger partial charge on any atom is -0.422 e. The fourth-order valence-electron chi connectivity index (χ4n) is 2.96. The Kier molecular flexibility index (Phi) is 4.21. The molecular formula is C20H14N2O5S. The van der Waals surface area contributed by atoms with Crippen molar-refractivity contribution in [2.45, 2.75) is 4.90 Å². The van der Waals surface area contributed by atoms with Crippen LogP contribution in [-0.2, 0) is 10.0 Å². The minimum absolute atomic E-state index is 0.0813. The zero-order valence-electron chi connectivity index (χ0n) is 14.4. The van der Waals surface area contributed by atoms with Crippen LogP contribution >= 0.6 is 0 Å². The molecule has 1 amide bonds. The second-order valence-corrected chi connectivity index (χ2v) is 7.73. The van der Waals surface area contributed by atoms with Gasteiger partial charge in [-0.3, -0.25) is 4.79 Å². The van der Waals surface area contributed by atoms with Crippen molar-refractivity contribution in [1.82, 2.24) is 0 Å². The fraction of sp³-hybridized carbons (Fsp3) is 0. The lowest BCUT2D eigenvalue weighted by molar-refractivity contribution is 0.102. The van der Waals surface area contributed by atoms with Crippen molar-refractivity contribution in [3.8, 4) is 0 Å². The summed E-state index contributed by atoms with van der Waals surface area (Å²) in [6.45, 7) is 0. The van der Waals surface area contributed by atoms with Gasteiger partial charge >= 0.3 is 5.63 Å². The maximum absolute atomic E-state index is 12.6. The lowest BCUT2D eigenvalue weighted by atomic mass is 10.0.